The fourth-order valence-electron chi connectivity index (χ4n) is 3.50. The largest absolute Gasteiger partial charge is 1.00 e. The van der Waals surface area contributed by atoms with Gasteiger partial charge in [-0.15, -0.1) is 0 Å². The molecular formula is C22H45NaO4S. The average Bonchev–Trinajstić information content (AvgIpc) is 2.61. The van der Waals surface area contributed by atoms with E-state index < -0.39 is 15.4 Å². The molecule has 0 aliphatic carbocycles. The Labute approximate surface area is 197 Å². The summed E-state index contributed by atoms with van der Waals surface area (Å²) >= 11 is 0. The molecule has 0 saturated heterocycles. The molecule has 4 nitrogen and oxygen atoms in total. The summed E-state index contributed by atoms with van der Waals surface area (Å²) in [6.07, 6.45) is 20.4. The molecule has 0 fully saturated rings. The predicted molar refractivity (Wildman–Crippen MR) is 114 cm³/mol. The minimum Gasteiger partial charge on any atom is -0.748 e. The molecule has 0 aliphatic heterocycles. The number of hydrogen-bond donors (Lipinski definition) is 1. The van der Waals surface area contributed by atoms with Crippen LogP contribution in [-0.2, 0) is 10.1 Å². The fourth-order valence-corrected chi connectivity index (χ4v) is 3.95. The fraction of sp³-hybridized carbons (Fsp3) is 1.00. The van der Waals surface area contributed by atoms with Gasteiger partial charge in [0.1, 0.15) is 0 Å². The van der Waals surface area contributed by atoms with Crippen LogP contribution in [0.15, 0.2) is 0 Å². The molecule has 164 valence electrons. The van der Waals surface area contributed by atoms with Gasteiger partial charge in [0.25, 0.3) is 0 Å². The van der Waals surface area contributed by atoms with Gasteiger partial charge in [-0.25, -0.2) is 8.42 Å². The van der Waals surface area contributed by atoms with E-state index in [0.717, 1.165) is 19.3 Å². The van der Waals surface area contributed by atoms with Gasteiger partial charge < -0.3 is 9.66 Å². The smallest absolute Gasteiger partial charge is 0.748 e. The Bertz CT molecular complexity index is 415. The maximum absolute atomic E-state index is 10.8. The van der Waals surface area contributed by atoms with Crippen LogP contribution in [0.4, 0.5) is 0 Å². The molecule has 6 heteroatoms. The molecule has 0 saturated carbocycles. The normalized spacial score (nSPS) is 13.9. The van der Waals surface area contributed by atoms with E-state index in [2.05, 4.69) is 6.92 Å². The van der Waals surface area contributed by atoms with Gasteiger partial charge in [-0.3, -0.25) is 0 Å². The van der Waals surface area contributed by atoms with Crippen LogP contribution in [0.25, 0.3) is 0 Å². The maximum atomic E-state index is 10.8. The Morgan fingerprint density at radius 2 is 1.00 bits per heavy atom. The van der Waals surface area contributed by atoms with Gasteiger partial charge in [-0.2, -0.15) is 0 Å². The first-order chi connectivity index (χ1) is 12.9. The molecule has 0 rings (SSSR count). The zero-order valence-corrected chi connectivity index (χ0v) is 21.8. The Hall–Kier alpha value is 0.870. The second-order valence-corrected chi connectivity index (χ2v) is 10.1. The molecule has 0 aliphatic rings. The molecular weight excluding hydrogens is 383 g/mol. The molecule has 0 heterocycles. The molecule has 0 aromatic carbocycles. The van der Waals surface area contributed by atoms with Crippen LogP contribution in [-0.4, -0.2) is 29.4 Å². The van der Waals surface area contributed by atoms with E-state index in [4.69, 9.17) is 0 Å². The number of unbranched alkanes of at least 4 members (excludes halogenated alkanes) is 13. The van der Waals surface area contributed by atoms with E-state index in [9.17, 15) is 18.1 Å². The van der Waals surface area contributed by atoms with Gasteiger partial charge in [0.2, 0.25) is 0 Å². The standard InChI is InChI=1S/C22H46O4S.Na/c1-3-4-5-6-7-8-9-10-11-12-13-14-15-19-22(23)20-17-16-18-21(2)27(24,25)26;/h21-23H,3-20H2,1-2H3,(H,24,25,26);/q;+1/p-1. The van der Waals surface area contributed by atoms with Crippen LogP contribution >= 0.6 is 0 Å². The van der Waals surface area contributed by atoms with Crippen molar-refractivity contribution in [3.05, 3.63) is 0 Å². The molecule has 1 N–H and O–H groups in total. The summed E-state index contributed by atoms with van der Waals surface area (Å²) in [4.78, 5) is 0. The Kier molecular flexibility index (Phi) is 23.4. The van der Waals surface area contributed by atoms with Crippen LogP contribution in [0.5, 0.6) is 0 Å². The van der Waals surface area contributed by atoms with Crippen LogP contribution in [0.1, 0.15) is 129 Å². The molecule has 2 unspecified atom stereocenters. The molecule has 0 radical (unpaired) electrons. The zero-order chi connectivity index (χ0) is 20.4. The summed E-state index contributed by atoms with van der Waals surface area (Å²) in [6, 6.07) is 0. The van der Waals surface area contributed by atoms with Gasteiger partial charge in [-0.05, 0) is 26.2 Å². The van der Waals surface area contributed by atoms with Crippen molar-refractivity contribution in [2.75, 3.05) is 0 Å². The second-order valence-electron chi connectivity index (χ2n) is 8.27. The van der Waals surface area contributed by atoms with Crippen LogP contribution in [0.3, 0.4) is 0 Å². The maximum Gasteiger partial charge on any atom is 1.00 e. The number of hydrogen-bond acceptors (Lipinski definition) is 4. The zero-order valence-electron chi connectivity index (χ0n) is 19.0. The minimum absolute atomic E-state index is 0. The summed E-state index contributed by atoms with van der Waals surface area (Å²) in [5, 5.41) is 9.16. The SMILES string of the molecule is CCCCCCCCCCCCCCCC(O)CCCCC(C)S(=O)(=O)[O-].[Na+]. The number of aliphatic hydroxyl groups excluding tert-OH is 1. The van der Waals surface area contributed by atoms with Gasteiger partial charge in [-0.1, -0.05) is 103 Å². The van der Waals surface area contributed by atoms with Crippen LogP contribution < -0.4 is 29.6 Å². The summed E-state index contributed by atoms with van der Waals surface area (Å²) in [5.41, 5.74) is 0. The van der Waals surface area contributed by atoms with Crippen molar-refractivity contribution in [3.8, 4) is 0 Å². The molecule has 0 bridgehead atoms. The van der Waals surface area contributed by atoms with Crippen molar-refractivity contribution in [2.24, 2.45) is 0 Å². The third kappa shape index (κ3) is 21.6. The molecule has 0 aromatic rings. The van der Waals surface area contributed by atoms with E-state index in [-0.39, 0.29) is 35.7 Å². The first-order valence-corrected chi connectivity index (χ1v) is 13.0. The minimum atomic E-state index is -4.15. The summed E-state index contributed by atoms with van der Waals surface area (Å²) in [5.74, 6) is 0. The molecule has 28 heavy (non-hydrogen) atoms. The van der Waals surface area contributed by atoms with Crippen LogP contribution in [0, 0.1) is 0 Å². The van der Waals surface area contributed by atoms with Crippen molar-refractivity contribution >= 4 is 10.1 Å². The Morgan fingerprint density at radius 1 is 0.679 bits per heavy atom. The quantitative estimate of drug-likeness (QED) is 0.183. The number of rotatable bonds is 20. The van der Waals surface area contributed by atoms with Crippen molar-refractivity contribution in [1.29, 1.82) is 0 Å². The molecule has 0 amide bonds. The third-order valence-corrected chi connectivity index (χ3v) is 6.75. The molecule has 0 aromatic heterocycles. The van der Waals surface area contributed by atoms with Gasteiger partial charge in [0, 0.05) is 5.25 Å². The summed E-state index contributed by atoms with van der Waals surface area (Å²) in [6.45, 7) is 3.72. The van der Waals surface area contributed by atoms with E-state index in [1.807, 2.05) is 0 Å². The average molecular weight is 429 g/mol. The summed E-state index contributed by atoms with van der Waals surface area (Å²) in [7, 11) is -4.15. The predicted octanol–water partition coefficient (Wildman–Crippen LogP) is 3.33. The molecule has 2 atom stereocenters. The van der Waals surface area contributed by atoms with Gasteiger partial charge in [0.15, 0.2) is 0 Å². The van der Waals surface area contributed by atoms with E-state index in [1.54, 1.807) is 0 Å². The Balaban J connectivity index is 0. The van der Waals surface area contributed by atoms with Crippen molar-refractivity contribution in [1.82, 2.24) is 0 Å². The monoisotopic (exact) mass is 428 g/mol. The van der Waals surface area contributed by atoms with Crippen molar-refractivity contribution < 1.29 is 47.6 Å². The topological polar surface area (TPSA) is 77.4 Å². The first kappa shape index (κ1) is 31.1. The van der Waals surface area contributed by atoms with E-state index >= 15 is 0 Å². The van der Waals surface area contributed by atoms with E-state index in [1.165, 1.54) is 84.0 Å². The number of aliphatic hydroxyl groups is 1. The summed E-state index contributed by atoms with van der Waals surface area (Å²) < 4.78 is 32.4. The van der Waals surface area contributed by atoms with Crippen molar-refractivity contribution in [3.63, 3.8) is 0 Å². The Morgan fingerprint density at radius 3 is 1.39 bits per heavy atom. The first-order valence-electron chi connectivity index (χ1n) is 11.5. The third-order valence-electron chi connectivity index (χ3n) is 5.53. The van der Waals surface area contributed by atoms with E-state index in [0.29, 0.717) is 19.3 Å². The molecule has 0 spiro atoms. The van der Waals surface area contributed by atoms with Gasteiger partial charge >= 0.3 is 29.6 Å². The van der Waals surface area contributed by atoms with Crippen molar-refractivity contribution in [2.45, 2.75) is 141 Å². The second kappa shape index (κ2) is 21.1. The van der Waals surface area contributed by atoms with Crippen LogP contribution in [0.2, 0.25) is 0 Å². The van der Waals surface area contributed by atoms with Gasteiger partial charge in [0.05, 0.1) is 16.2 Å².